The van der Waals surface area contributed by atoms with Gasteiger partial charge in [0.2, 0.25) is 0 Å². The summed E-state index contributed by atoms with van der Waals surface area (Å²) < 4.78 is 5.42. The molecule has 1 aliphatic rings. The minimum Gasteiger partial charge on any atom is -0.495 e. The van der Waals surface area contributed by atoms with E-state index in [0.717, 1.165) is 18.8 Å². The zero-order valence-electron chi connectivity index (χ0n) is 11.5. The van der Waals surface area contributed by atoms with E-state index in [9.17, 15) is 0 Å². The Morgan fingerprint density at radius 1 is 1.28 bits per heavy atom. The van der Waals surface area contributed by atoms with Gasteiger partial charge in [0, 0.05) is 19.6 Å². The number of methoxy groups -OCH3 is 1. The van der Waals surface area contributed by atoms with Crippen LogP contribution in [0.3, 0.4) is 0 Å². The summed E-state index contributed by atoms with van der Waals surface area (Å²) in [6.07, 6.45) is 5.30. The van der Waals surface area contributed by atoms with Crippen LogP contribution in [0, 0.1) is 0 Å². The molecule has 3 nitrogen and oxygen atoms in total. The lowest BCUT2D eigenvalue weighted by Gasteiger charge is -2.26. The van der Waals surface area contributed by atoms with Gasteiger partial charge in [-0.15, -0.1) is 0 Å². The normalized spacial score (nSPS) is 20.2. The number of anilines is 1. The second-order valence-corrected chi connectivity index (χ2v) is 5.05. The average molecular weight is 248 g/mol. The van der Waals surface area contributed by atoms with Crippen molar-refractivity contribution in [1.82, 2.24) is 5.32 Å². The predicted molar refractivity (Wildman–Crippen MR) is 76.5 cm³/mol. The van der Waals surface area contributed by atoms with E-state index < -0.39 is 0 Å². The fraction of sp³-hybridized carbons (Fsp3) is 0.600. The zero-order chi connectivity index (χ0) is 12.8. The van der Waals surface area contributed by atoms with E-state index in [0.29, 0.717) is 6.04 Å². The van der Waals surface area contributed by atoms with Crippen LogP contribution in [0.15, 0.2) is 24.3 Å². The second-order valence-electron chi connectivity index (χ2n) is 5.05. The maximum absolute atomic E-state index is 5.42. The van der Waals surface area contributed by atoms with Gasteiger partial charge in [-0.05, 0) is 31.5 Å². The van der Waals surface area contributed by atoms with Crippen molar-refractivity contribution in [3.8, 4) is 5.75 Å². The van der Waals surface area contributed by atoms with Gasteiger partial charge in [-0.2, -0.15) is 0 Å². The highest BCUT2D eigenvalue weighted by Gasteiger charge is 2.15. The first-order chi connectivity index (χ1) is 8.81. The molecule has 0 bridgehead atoms. The van der Waals surface area contributed by atoms with Crippen molar-refractivity contribution in [2.45, 2.75) is 31.7 Å². The number of nitrogens with zero attached hydrogens (tertiary/aromatic N) is 1. The van der Waals surface area contributed by atoms with Crippen molar-refractivity contribution < 1.29 is 4.74 Å². The number of benzene rings is 1. The second kappa shape index (κ2) is 6.64. The molecule has 0 amide bonds. The molecule has 1 aromatic rings. The Morgan fingerprint density at radius 3 is 2.94 bits per heavy atom. The largest absolute Gasteiger partial charge is 0.495 e. The number of rotatable bonds is 4. The predicted octanol–water partition coefficient (Wildman–Crippen LogP) is 2.66. The molecule has 1 unspecified atom stereocenters. The molecule has 0 aromatic heterocycles. The first-order valence-corrected chi connectivity index (χ1v) is 6.89. The third kappa shape index (κ3) is 3.39. The fourth-order valence-electron chi connectivity index (χ4n) is 2.63. The van der Waals surface area contributed by atoms with Crippen LogP contribution >= 0.6 is 0 Å². The van der Waals surface area contributed by atoms with Gasteiger partial charge in [0.25, 0.3) is 0 Å². The molecule has 2 rings (SSSR count). The van der Waals surface area contributed by atoms with E-state index in [1.165, 1.54) is 31.4 Å². The Labute approximate surface area is 110 Å². The van der Waals surface area contributed by atoms with Crippen LogP contribution in [-0.2, 0) is 0 Å². The first-order valence-electron chi connectivity index (χ1n) is 6.89. The number of hydrogen-bond donors (Lipinski definition) is 1. The molecule has 0 radical (unpaired) electrons. The Balaban J connectivity index is 1.99. The minimum atomic E-state index is 0.599. The number of para-hydroxylation sites is 2. The molecule has 0 aliphatic carbocycles. The molecular formula is C15H24N2O. The molecule has 1 atom stereocenters. The first kappa shape index (κ1) is 13.2. The topological polar surface area (TPSA) is 24.5 Å². The molecular weight excluding hydrogens is 224 g/mol. The zero-order valence-corrected chi connectivity index (χ0v) is 11.5. The molecule has 100 valence electrons. The molecule has 1 saturated heterocycles. The van der Waals surface area contributed by atoms with E-state index in [2.05, 4.69) is 29.4 Å². The van der Waals surface area contributed by atoms with Crippen LogP contribution in [0.25, 0.3) is 0 Å². The quantitative estimate of drug-likeness (QED) is 0.886. The lowest BCUT2D eigenvalue weighted by Crippen LogP contribution is -2.39. The SMILES string of the molecule is COc1ccccc1N(C)CC1CCCCCN1. The Kier molecular flexibility index (Phi) is 4.88. The third-order valence-electron chi connectivity index (χ3n) is 3.65. The summed E-state index contributed by atoms with van der Waals surface area (Å²) in [6, 6.07) is 8.82. The summed E-state index contributed by atoms with van der Waals surface area (Å²) in [7, 11) is 3.88. The van der Waals surface area contributed by atoms with Crippen molar-refractivity contribution >= 4 is 5.69 Å². The van der Waals surface area contributed by atoms with E-state index in [1.54, 1.807) is 7.11 Å². The molecule has 3 heteroatoms. The summed E-state index contributed by atoms with van der Waals surface area (Å²) in [5.74, 6) is 0.952. The number of ether oxygens (including phenoxy) is 1. The van der Waals surface area contributed by atoms with Crippen LogP contribution < -0.4 is 15.0 Å². The highest BCUT2D eigenvalue weighted by Crippen LogP contribution is 2.27. The summed E-state index contributed by atoms with van der Waals surface area (Å²) in [5.41, 5.74) is 1.17. The van der Waals surface area contributed by atoms with E-state index in [1.807, 2.05) is 12.1 Å². The van der Waals surface area contributed by atoms with Gasteiger partial charge >= 0.3 is 0 Å². The lowest BCUT2D eigenvalue weighted by molar-refractivity contribution is 0.413. The maximum Gasteiger partial charge on any atom is 0.142 e. The smallest absolute Gasteiger partial charge is 0.142 e. The van der Waals surface area contributed by atoms with Gasteiger partial charge in [-0.1, -0.05) is 25.0 Å². The number of hydrogen-bond acceptors (Lipinski definition) is 3. The average Bonchev–Trinajstić information content (AvgIpc) is 2.67. The van der Waals surface area contributed by atoms with Gasteiger partial charge in [0.1, 0.15) is 5.75 Å². The van der Waals surface area contributed by atoms with Crippen molar-refractivity contribution in [2.24, 2.45) is 0 Å². The van der Waals surface area contributed by atoms with Crippen LogP contribution in [0.2, 0.25) is 0 Å². The highest BCUT2D eigenvalue weighted by molar-refractivity contribution is 5.57. The van der Waals surface area contributed by atoms with Gasteiger partial charge in [-0.3, -0.25) is 0 Å². The van der Waals surface area contributed by atoms with Gasteiger partial charge in [0.05, 0.1) is 12.8 Å². The molecule has 1 N–H and O–H groups in total. The molecule has 1 aromatic carbocycles. The van der Waals surface area contributed by atoms with Crippen LogP contribution in [0.4, 0.5) is 5.69 Å². The molecule has 1 fully saturated rings. The van der Waals surface area contributed by atoms with Crippen LogP contribution in [0.1, 0.15) is 25.7 Å². The third-order valence-corrected chi connectivity index (χ3v) is 3.65. The van der Waals surface area contributed by atoms with Gasteiger partial charge < -0.3 is 15.0 Å². The Morgan fingerprint density at radius 2 is 2.11 bits per heavy atom. The summed E-state index contributed by atoms with van der Waals surface area (Å²) in [6.45, 7) is 2.20. The highest BCUT2D eigenvalue weighted by atomic mass is 16.5. The molecule has 1 heterocycles. The van der Waals surface area contributed by atoms with Crippen molar-refractivity contribution in [1.29, 1.82) is 0 Å². The fourth-order valence-corrected chi connectivity index (χ4v) is 2.63. The minimum absolute atomic E-state index is 0.599. The van der Waals surface area contributed by atoms with Crippen molar-refractivity contribution in [3.63, 3.8) is 0 Å². The van der Waals surface area contributed by atoms with E-state index in [4.69, 9.17) is 4.74 Å². The van der Waals surface area contributed by atoms with E-state index in [-0.39, 0.29) is 0 Å². The number of likely N-dealkylation sites (N-methyl/N-ethyl adjacent to an activating group) is 1. The van der Waals surface area contributed by atoms with Crippen molar-refractivity contribution in [2.75, 3.05) is 32.1 Å². The molecule has 0 saturated carbocycles. The van der Waals surface area contributed by atoms with E-state index >= 15 is 0 Å². The monoisotopic (exact) mass is 248 g/mol. The Hall–Kier alpha value is -1.22. The summed E-state index contributed by atoms with van der Waals surface area (Å²) in [5, 5.41) is 3.64. The maximum atomic E-state index is 5.42. The van der Waals surface area contributed by atoms with Crippen LogP contribution in [0.5, 0.6) is 5.75 Å². The standard InChI is InChI=1S/C15H24N2O/c1-17(12-13-8-4-3-7-11-16-13)14-9-5-6-10-15(14)18-2/h5-6,9-10,13,16H,3-4,7-8,11-12H2,1-2H3. The van der Waals surface area contributed by atoms with Gasteiger partial charge in [-0.25, -0.2) is 0 Å². The van der Waals surface area contributed by atoms with Crippen molar-refractivity contribution in [3.05, 3.63) is 24.3 Å². The lowest BCUT2D eigenvalue weighted by atomic mass is 10.1. The molecule has 18 heavy (non-hydrogen) atoms. The Bertz CT molecular complexity index is 359. The van der Waals surface area contributed by atoms with Crippen LogP contribution in [-0.4, -0.2) is 33.3 Å². The molecule has 0 spiro atoms. The summed E-state index contributed by atoms with van der Waals surface area (Å²) >= 11 is 0. The number of nitrogens with one attached hydrogen (secondary N) is 1. The van der Waals surface area contributed by atoms with Gasteiger partial charge in [0.15, 0.2) is 0 Å². The molecule has 1 aliphatic heterocycles. The summed E-state index contributed by atoms with van der Waals surface area (Å²) in [4.78, 5) is 2.29.